The molecule has 0 saturated heterocycles. The summed E-state index contributed by atoms with van der Waals surface area (Å²) in [6.45, 7) is 5.35. The van der Waals surface area contributed by atoms with E-state index in [0.29, 0.717) is 0 Å². The normalized spacial score (nSPS) is 15.8. The minimum absolute atomic E-state index is 0.0188. The molecule has 1 aliphatic carbocycles. The summed E-state index contributed by atoms with van der Waals surface area (Å²) in [6, 6.07) is 15.2. The van der Waals surface area contributed by atoms with E-state index in [1.54, 1.807) is 4.90 Å². The van der Waals surface area contributed by atoms with E-state index in [1.807, 2.05) is 25.1 Å². The van der Waals surface area contributed by atoms with Crippen molar-refractivity contribution in [2.24, 2.45) is 0 Å². The molecule has 0 aromatic heterocycles. The zero-order valence-electron chi connectivity index (χ0n) is 17.5. The molecule has 4 heteroatoms. The Morgan fingerprint density at radius 1 is 1.04 bits per heavy atom. The Morgan fingerprint density at radius 3 is 2.54 bits per heavy atom. The molecule has 1 fully saturated rings. The van der Waals surface area contributed by atoms with Gasteiger partial charge in [0.25, 0.3) is 0 Å². The van der Waals surface area contributed by atoms with E-state index in [1.165, 1.54) is 43.2 Å². The molecular formula is C24H34N3O+. The summed E-state index contributed by atoms with van der Waals surface area (Å²) in [5.74, 6) is -0.0188. The first kappa shape index (κ1) is 20.4. The van der Waals surface area contributed by atoms with Gasteiger partial charge in [-0.2, -0.15) is 0 Å². The van der Waals surface area contributed by atoms with Crippen molar-refractivity contribution in [3.63, 3.8) is 0 Å². The molecule has 0 radical (unpaired) electrons. The zero-order valence-corrected chi connectivity index (χ0v) is 17.5. The van der Waals surface area contributed by atoms with Crippen molar-refractivity contribution in [1.82, 2.24) is 0 Å². The van der Waals surface area contributed by atoms with Crippen LogP contribution in [0.5, 0.6) is 0 Å². The number of carbonyl (C=O) groups is 1. The van der Waals surface area contributed by atoms with Crippen molar-refractivity contribution in [3.8, 4) is 0 Å². The first-order valence-corrected chi connectivity index (χ1v) is 10.5. The molecule has 1 amide bonds. The third kappa shape index (κ3) is 5.59. The van der Waals surface area contributed by atoms with Crippen LogP contribution in [-0.2, 0) is 11.3 Å². The highest BCUT2D eigenvalue weighted by Crippen LogP contribution is 2.18. The van der Waals surface area contributed by atoms with Gasteiger partial charge in [0, 0.05) is 16.9 Å². The van der Waals surface area contributed by atoms with Crippen LogP contribution in [0.4, 0.5) is 11.4 Å². The van der Waals surface area contributed by atoms with E-state index >= 15 is 0 Å². The number of para-hydroxylation sites is 1. The Morgan fingerprint density at radius 2 is 1.79 bits per heavy atom. The van der Waals surface area contributed by atoms with Crippen molar-refractivity contribution >= 4 is 17.3 Å². The number of quaternary nitrogens is 1. The number of hydrogen-bond donors (Lipinski definition) is 3. The number of carbonyl (C=O) groups excluding carboxylic acids is 1. The van der Waals surface area contributed by atoms with Crippen LogP contribution >= 0.6 is 0 Å². The summed E-state index contributed by atoms with van der Waals surface area (Å²) in [4.78, 5) is 14.0. The largest absolute Gasteiger partial charge is 0.376 e. The average Bonchev–Trinajstić information content (AvgIpc) is 2.70. The lowest BCUT2D eigenvalue weighted by molar-refractivity contribution is -0.921. The monoisotopic (exact) mass is 380 g/mol. The molecule has 0 aliphatic heterocycles. The Hall–Kier alpha value is -2.33. The van der Waals surface area contributed by atoms with Gasteiger partial charge in [-0.15, -0.1) is 0 Å². The maximum absolute atomic E-state index is 12.4. The Bertz CT molecular complexity index is 796. The molecule has 150 valence electrons. The van der Waals surface area contributed by atoms with E-state index < -0.39 is 0 Å². The topological polar surface area (TPSA) is 45.6 Å². The molecule has 1 saturated carbocycles. The molecule has 3 rings (SSSR count). The van der Waals surface area contributed by atoms with Gasteiger partial charge in [0.05, 0.1) is 19.6 Å². The number of anilines is 2. The molecule has 3 N–H and O–H groups in total. The van der Waals surface area contributed by atoms with Gasteiger partial charge in [-0.25, -0.2) is 0 Å². The summed E-state index contributed by atoms with van der Waals surface area (Å²) in [7, 11) is 2.31. The quantitative estimate of drug-likeness (QED) is 0.686. The van der Waals surface area contributed by atoms with Crippen LogP contribution in [0.15, 0.2) is 42.5 Å². The van der Waals surface area contributed by atoms with Gasteiger partial charge in [-0.3, -0.25) is 4.79 Å². The van der Waals surface area contributed by atoms with Crippen LogP contribution in [0.1, 0.15) is 48.8 Å². The summed E-state index contributed by atoms with van der Waals surface area (Å²) in [6.07, 6.45) is 6.78. The van der Waals surface area contributed by atoms with Crippen molar-refractivity contribution in [3.05, 3.63) is 59.2 Å². The van der Waals surface area contributed by atoms with E-state index in [2.05, 4.69) is 48.9 Å². The zero-order chi connectivity index (χ0) is 19.9. The van der Waals surface area contributed by atoms with Crippen LogP contribution in [0, 0.1) is 13.8 Å². The van der Waals surface area contributed by atoms with Crippen LogP contribution in [0.3, 0.4) is 0 Å². The predicted molar refractivity (Wildman–Crippen MR) is 117 cm³/mol. The second kappa shape index (κ2) is 9.74. The standard InChI is InChI=1S/C24H33N3O/c1-18-13-14-22(19(2)15-18)26-24(28)16-25-23-12-8-7-9-20(23)17-27(3)21-10-5-4-6-11-21/h7-9,12-15,21,25H,4-6,10-11,16-17H2,1-3H3,(H,26,28)/p+1. The molecule has 1 aliphatic rings. The number of rotatable bonds is 7. The SMILES string of the molecule is Cc1ccc(NC(=O)CNc2ccccc2C[NH+](C)C2CCCCC2)c(C)c1. The lowest BCUT2D eigenvalue weighted by atomic mass is 9.94. The molecule has 0 spiro atoms. The number of nitrogens with one attached hydrogen (secondary N) is 3. The van der Waals surface area contributed by atoms with Crippen molar-refractivity contribution < 1.29 is 9.69 Å². The second-order valence-electron chi connectivity index (χ2n) is 8.24. The fourth-order valence-corrected chi connectivity index (χ4v) is 4.21. The summed E-state index contributed by atoms with van der Waals surface area (Å²) < 4.78 is 0. The molecule has 1 atom stereocenters. The first-order chi connectivity index (χ1) is 13.5. The van der Waals surface area contributed by atoms with Crippen LogP contribution in [0.2, 0.25) is 0 Å². The lowest BCUT2D eigenvalue weighted by Gasteiger charge is -2.28. The van der Waals surface area contributed by atoms with Gasteiger partial charge in [0.1, 0.15) is 6.54 Å². The smallest absolute Gasteiger partial charge is 0.243 e. The molecule has 0 heterocycles. The second-order valence-corrected chi connectivity index (χ2v) is 8.24. The van der Waals surface area contributed by atoms with Gasteiger partial charge in [0.2, 0.25) is 5.91 Å². The summed E-state index contributed by atoms with van der Waals surface area (Å²) >= 11 is 0. The molecule has 28 heavy (non-hydrogen) atoms. The van der Waals surface area contributed by atoms with Gasteiger partial charge >= 0.3 is 0 Å². The number of benzene rings is 2. The summed E-state index contributed by atoms with van der Waals surface area (Å²) in [5.41, 5.74) is 5.52. The first-order valence-electron chi connectivity index (χ1n) is 10.5. The Balaban J connectivity index is 1.57. The van der Waals surface area contributed by atoms with Crippen LogP contribution in [-0.4, -0.2) is 25.5 Å². The number of aryl methyl sites for hydroxylation is 2. The van der Waals surface area contributed by atoms with Gasteiger partial charge in [-0.05, 0) is 57.2 Å². The minimum atomic E-state index is -0.0188. The van der Waals surface area contributed by atoms with Gasteiger partial charge < -0.3 is 15.5 Å². The van der Waals surface area contributed by atoms with E-state index in [-0.39, 0.29) is 12.5 Å². The predicted octanol–water partition coefficient (Wildman–Crippen LogP) is 3.70. The molecule has 0 bridgehead atoms. The molecule has 1 unspecified atom stereocenters. The molecule has 4 nitrogen and oxygen atoms in total. The highest BCUT2D eigenvalue weighted by Gasteiger charge is 2.22. The molecule has 2 aromatic rings. The molecular weight excluding hydrogens is 346 g/mol. The van der Waals surface area contributed by atoms with Crippen molar-refractivity contribution in [2.75, 3.05) is 24.2 Å². The Kier molecular flexibility index (Phi) is 7.10. The highest BCUT2D eigenvalue weighted by molar-refractivity contribution is 5.94. The van der Waals surface area contributed by atoms with Gasteiger partial charge in [0.15, 0.2) is 0 Å². The van der Waals surface area contributed by atoms with E-state index in [0.717, 1.165) is 29.5 Å². The Labute approximate surface area is 169 Å². The van der Waals surface area contributed by atoms with E-state index in [4.69, 9.17) is 0 Å². The number of amides is 1. The van der Waals surface area contributed by atoms with Crippen molar-refractivity contribution in [1.29, 1.82) is 0 Å². The van der Waals surface area contributed by atoms with E-state index in [9.17, 15) is 4.79 Å². The third-order valence-corrected chi connectivity index (χ3v) is 5.88. The lowest BCUT2D eigenvalue weighted by Crippen LogP contribution is -3.11. The average molecular weight is 381 g/mol. The van der Waals surface area contributed by atoms with Gasteiger partial charge in [-0.1, -0.05) is 42.3 Å². The number of hydrogen-bond acceptors (Lipinski definition) is 2. The van der Waals surface area contributed by atoms with Crippen molar-refractivity contribution in [2.45, 2.75) is 58.5 Å². The van der Waals surface area contributed by atoms with Crippen LogP contribution in [0.25, 0.3) is 0 Å². The summed E-state index contributed by atoms with van der Waals surface area (Å²) in [5, 5.41) is 6.36. The minimum Gasteiger partial charge on any atom is -0.376 e. The maximum atomic E-state index is 12.4. The highest BCUT2D eigenvalue weighted by atomic mass is 16.1. The van der Waals surface area contributed by atoms with Crippen LogP contribution < -0.4 is 15.5 Å². The fourth-order valence-electron chi connectivity index (χ4n) is 4.21. The fraction of sp³-hybridized carbons (Fsp3) is 0.458. The maximum Gasteiger partial charge on any atom is 0.243 e. The molecule has 2 aromatic carbocycles. The third-order valence-electron chi connectivity index (χ3n) is 5.88.